The van der Waals surface area contributed by atoms with Crippen molar-refractivity contribution in [3.05, 3.63) is 170 Å². The molecule has 4 aromatic heterocycles. The SMILES string of the molecule is CCOCc1cccc(Oc2nc3c(c(=O)n(C)c(=O)n3C)n2Cc2cccc(Br)c2)c1.Cn1c(=O)c2c(nc(Oc3cccc(CO)c3)n2Cc2cccc(Br)c2)n(C)c1=O.[H-].[Na+]. The minimum Gasteiger partial charge on any atom is -1.00 e. The second-order valence-corrected chi connectivity index (χ2v) is 16.1. The Morgan fingerprint density at radius 2 is 1.00 bits per heavy atom. The van der Waals surface area contributed by atoms with Crippen LogP contribution in [0.5, 0.6) is 23.5 Å². The van der Waals surface area contributed by atoms with Gasteiger partial charge in [0.2, 0.25) is 0 Å². The minimum atomic E-state index is -0.464. The molecule has 0 bridgehead atoms. The summed E-state index contributed by atoms with van der Waals surface area (Å²) >= 11 is 6.95. The molecule has 0 amide bonds. The number of benzene rings is 4. The van der Waals surface area contributed by atoms with Crippen molar-refractivity contribution in [2.75, 3.05) is 6.61 Å². The number of aromatic nitrogens is 8. The minimum absolute atomic E-state index is 0. The molecule has 19 heteroatoms. The average Bonchev–Trinajstić information content (AvgIpc) is 3.80. The molecular weight excluding hydrogens is 951 g/mol. The standard InChI is InChI=1S/C23H23BrN4O4.C21H19BrN4O4.Na.H/c1-4-31-14-16-8-6-10-18(12-16)32-22-25-20-19(21(29)27(3)23(30)26(20)2)28(22)13-15-7-5-9-17(24)11-15;1-24-18-17(19(28)25(2)21(24)29)26(11-13-5-3-7-15(22)9-13)20(23-18)30-16-8-4-6-14(10-16)12-27;;/h5-12H,4,13-14H2,1-3H3;3-10,27H,11-12H2,1-2H3;;/q;;+1;-1. The molecule has 322 valence electrons. The van der Waals surface area contributed by atoms with Gasteiger partial charge in [-0.1, -0.05) is 80.4 Å². The predicted molar refractivity (Wildman–Crippen MR) is 242 cm³/mol. The van der Waals surface area contributed by atoms with Gasteiger partial charge in [0.1, 0.15) is 11.5 Å². The Morgan fingerprint density at radius 1 is 0.587 bits per heavy atom. The maximum Gasteiger partial charge on any atom is 1.00 e. The van der Waals surface area contributed by atoms with Gasteiger partial charge in [0, 0.05) is 43.7 Å². The van der Waals surface area contributed by atoms with Crippen LogP contribution in [0.4, 0.5) is 0 Å². The molecule has 0 fully saturated rings. The Balaban J connectivity index is 0.000000234. The van der Waals surface area contributed by atoms with E-state index < -0.39 is 22.5 Å². The summed E-state index contributed by atoms with van der Waals surface area (Å²) in [5, 5.41) is 9.39. The van der Waals surface area contributed by atoms with Gasteiger partial charge in [-0.3, -0.25) is 37.0 Å². The number of aliphatic hydroxyl groups is 1. The molecule has 0 aliphatic rings. The number of hydrogen-bond acceptors (Lipinski definition) is 10. The third kappa shape index (κ3) is 10.2. The first kappa shape index (κ1) is 47.1. The van der Waals surface area contributed by atoms with Crippen LogP contribution in [-0.2, 0) is 59.2 Å². The number of aliphatic hydroxyl groups excluding tert-OH is 1. The van der Waals surface area contributed by atoms with Gasteiger partial charge < -0.3 is 20.7 Å². The van der Waals surface area contributed by atoms with E-state index in [2.05, 4.69) is 41.8 Å². The fourth-order valence-corrected chi connectivity index (χ4v) is 7.67. The molecule has 0 unspecified atom stereocenters. The molecule has 0 spiro atoms. The van der Waals surface area contributed by atoms with Crippen LogP contribution >= 0.6 is 31.9 Å². The summed E-state index contributed by atoms with van der Waals surface area (Å²) in [5.74, 6) is 1.03. The summed E-state index contributed by atoms with van der Waals surface area (Å²) in [4.78, 5) is 59.8. The summed E-state index contributed by atoms with van der Waals surface area (Å²) in [5.41, 5.74) is 2.82. The largest absolute Gasteiger partial charge is 1.00 e. The van der Waals surface area contributed by atoms with Crippen LogP contribution in [0.3, 0.4) is 0 Å². The summed E-state index contributed by atoms with van der Waals surface area (Å²) in [7, 11) is 6.05. The van der Waals surface area contributed by atoms with Crippen LogP contribution in [0.1, 0.15) is 30.6 Å². The van der Waals surface area contributed by atoms with E-state index in [1.807, 2.05) is 79.7 Å². The number of nitrogens with zero attached hydrogens (tertiary/aromatic N) is 8. The molecular formula is C44H43Br2N8NaO8. The molecule has 0 aliphatic heterocycles. The van der Waals surface area contributed by atoms with Crippen LogP contribution in [0.15, 0.2) is 125 Å². The quantitative estimate of drug-likeness (QED) is 0.179. The fourth-order valence-electron chi connectivity index (χ4n) is 6.77. The van der Waals surface area contributed by atoms with Gasteiger partial charge in [-0.15, -0.1) is 0 Å². The van der Waals surface area contributed by atoms with Gasteiger partial charge >= 0.3 is 53.0 Å². The van der Waals surface area contributed by atoms with E-state index in [4.69, 9.17) is 14.2 Å². The van der Waals surface area contributed by atoms with E-state index in [1.54, 1.807) is 47.5 Å². The zero-order valence-corrected chi connectivity index (χ0v) is 40.6. The monoisotopic (exact) mass is 992 g/mol. The second-order valence-electron chi connectivity index (χ2n) is 14.3. The Hall–Kier alpha value is -5.34. The summed E-state index contributed by atoms with van der Waals surface area (Å²) in [6, 6.07) is 30.3. The third-order valence-electron chi connectivity index (χ3n) is 9.96. The van der Waals surface area contributed by atoms with Crippen LogP contribution < -0.4 is 61.5 Å². The molecule has 0 radical (unpaired) electrons. The number of halogens is 2. The topological polar surface area (TPSA) is 172 Å². The third-order valence-corrected chi connectivity index (χ3v) is 10.9. The van der Waals surface area contributed by atoms with Gasteiger partial charge in [0.25, 0.3) is 11.1 Å². The molecule has 8 aromatic rings. The van der Waals surface area contributed by atoms with E-state index >= 15 is 0 Å². The molecule has 0 aliphatic carbocycles. The number of hydrogen-bond donors (Lipinski definition) is 1. The van der Waals surface area contributed by atoms with Crippen LogP contribution in [0, 0.1) is 0 Å². The van der Waals surface area contributed by atoms with E-state index in [0.717, 1.165) is 34.8 Å². The van der Waals surface area contributed by atoms with Crippen molar-refractivity contribution in [2.45, 2.75) is 33.2 Å². The molecule has 0 saturated heterocycles. The van der Waals surface area contributed by atoms with Gasteiger partial charge in [0.15, 0.2) is 22.3 Å². The number of imidazole rings is 2. The smallest absolute Gasteiger partial charge is 1.00 e. The van der Waals surface area contributed by atoms with Gasteiger partial charge in [-0.05, 0) is 77.7 Å². The molecule has 0 atom stereocenters. The molecule has 1 N–H and O–H groups in total. The van der Waals surface area contributed by atoms with Crippen LogP contribution in [0.2, 0.25) is 0 Å². The van der Waals surface area contributed by atoms with Gasteiger partial charge in [-0.2, -0.15) is 9.97 Å². The van der Waals surface area contributed by atoms with E-state index in [9.17, 15) is 24.3 Å². The van der Waals surface area contributed by atoms with E-state index in [0.29, 0.717) is 48.9 Å². The first-order chi connectivity index (χ1) is 29.8. The summed E-state index contributed by atoms with van der Waals surface area (Å²) < 4.78 is 27.6. The maximum atomic E-state index is 13.0. The first-order valence-corrected chi connectivity index (χ1v) is 20.9. The van der Waals surface area contributed by atoms with Crippen molar-refractivity contribution in [2.24, 2.45) is 28.2 Å². The molecule has 4 heterocycles. The molecule has 63 heavy (non-hydrogen) atoms. The van der Waals surface area contributed by atoms with E-state index in [-0.39, 0.29) is 66.4 Å². The number of rotatable bonds is 12. The Labute approximate surface area is 400 Å². The van der Waals surface area contributed by atoms with Gasteiger partial charge in [0.05, 0.1) is 26.3 Å². The van der Waals surface area contributed by atoms with Crippen molar-refractivity contribution in [1.29, 1.82) is 0 Å². The summed E-state index contributed by atoms with van der Waals surface area (Å²) in [6.07, 6.45) is 0. The van der Waals surface area contributed by atoms with Crippen LogP contribution in [-0.4, -0.2) is 49.1 Å². The Bertz CT molecular complexity index is 3210. The number of ether oxygens (including phenoxy) is 3. The molecule has 16 nitrogen and oxygen atoms in total. The molecule has 8 rings (SSSR count). The Morgan fingerprint density at radius 3 is 1.43 bits per heavy atom. The fraction of sp³-hybridized carbons (Fsp3) is 0.227. The zero-order chi connectivity index (χ0) is 44.2. The van der Waals surface area contributed by atoms with Crippen molar-refractivity contribution in [3.8, 4) is 23.5 Å². The summed E-state index contributed by atoms with van der Waals surface area (Å²) in [6.45, 7) is 3.56. The maximum absolute atomic E-state index is 13.0. The van der Waals surface area contributed by atoms with Crippen molar-refractivity contribution < 1.29 is 50.3 Å². The van der Waals surface area contributed by atoms with Crippen molar-refractivity contribution >= 4 is 54.2 Å². The Kier molecular flexibility index (Phi) is 15.3. The molecule has 0 saturated carbocycles. The van der Waals surface area contributed by atoms with E-state index in [1.165, 1.54) is 23.2 Å². The average molecular weight is 995 g/mol. The normalized spacial score (nSPS) is 11.0. The number of aryl methyl sites for hydroxylation is 2. The number of fused-ring (bicyclic) bond motifs is 2. The van der Waals surface area contributed by atoms with Crippen molar-refractivity contribution in [1.82, 2.24) is 37.4 Å². The first-order valence-electron chi connectivity index (χ1n) is 19.3. The van der Waals surface area contributed by atoms with Crippen molar-refractivity contribution in [3.63, 3.8) is 0 Å². The predicted octanol–water partition coefficient (Wildman–Crippen LogP) is 3.22. The van der Waals surface area contributed by atoms with Gasteiger partial charge in [-0.25, -0.2) is 9.59 Å². The zero-order valence-electron chi connectivity index (χ0n) is 36.4. The second kappa shape index (κ2) is 20.4. The molecule has 4 aromatic carbocycles. The van der Waals surface area contributed by atoms with Crippen LogP contribution in [0.25, 0.3) is 22.3 Å².